The lowest BCUT2D eigenvalue weighted by molar-refractivity contribution is -0.211. The minimum Gasteiger partial charge on any atom is -0.393 e. The monoisotopic (exact) mass is 331 g/mol. The summed E-state index contributed by atoms with van der Waals surface area (Å²) < 4.78 is 13.2. The number of aldehydes is 1. The van der Waals surface area contributed by atoms with Crippen molar-refractivity contribution in [3.63, 3.8) is 0 Å². The third-order valence-corrected chi connectivity index (χ3v) is 11.5. The summed E-state index contributed by atoms with van der Waals surface area (Å²) in [6.45, 7) is 14.2. The van der Waals surface area contributed by atoms with Gasteiger partial charge in [-0.05, 0) is 18.5 Å². The van der Waals surface area contributed by atoms with E-state index in [-0.39, 0.29) is 17.0 Å². The van der Waals surface area contributed by atoms with Crippen molar-refractivity contribution >= 4 is 14.5 Å². The Balaban J connectivity index is 3.05. The molecule has 0 aliphatic carbocycles. The molecule has 130 valence electrons. The average molecular weight is 332 g/mol. The van der Waals surface area contributed by atoms with Crippen molar-refractivity contribution in [2.24, 2.45) is 5.92 Å². The standard InChI is InChI=1S/C16H33NO4Si/c1-12(19)13-10-17(22(7,8)15(2,3)4)14(13)9-16(11-18,20-5)21-6/h11-14,19H,9-10H2,1-8H3. The number of carbonyl (C=O) groups is 1. The van der Waals surface area contributed by atoms with Crippen molar-refractivity contribution in [1.29, 1.82) is 0 Å². The first-order valence-electron chi connectivity index (χ1n) is 7.97. The summed E-state index contributed by atoms with van der Waals surface area (Å²) >= 11 is 0. The van der Waals surface area contributed by atoms with Crippen LogP contribution in [0, 0.1) is 5.92 Å². The molecule has 3 unspecified atom stereocenters. The zero-order valence-electron chi connectivity index (χ0n) is 15.3. The van der Waals surface area contributed by atoms with Gasteiger partial charge >= 0.3 is 0 Å². The van der Waals surface area contributed by atoms with Crippen LogP contribution in [0.15, 0.2) is 0 Å². The number of hydrogen-bond donors (Lipinski definition) is 1. The summed E-state index contributed by atoms with van der Waals surface area (Å²) in [6, 6.07) is 0.103. The number of methoxy groups -OCH3 is 2. The highest BCUT2D eigenvalue weighted by Crippen LogP contribution is 2.46. The lowest BCUT2D eigenvalue weighted by atomic mass is 9.83. The molecular weight excluding hydrogens is 298 g/mol. The Morgan fingerprint density at radius 2 is 1.82 bits per heavy atom. The predicted octanol–water partition coefficient (Wildman–Crippen LogP) is 2.25. The van der Waals surface area contributed by atoms with E-state index in [1.165, 1.54) is 14.2 Å². The van der Waals surface area contributed by atoms with Crippen molar-refractivity contribution in [1.82, 2.24) is 4.57 Å². The first-order valence-corrected chi connectivity index (χ1v) is 10.9. The van der Waals surface area contributed by atoms with E-state index >= 15 is 0 Å². The van der Waals surface area contributed by atoms with Crippen LogP contribution in [-0.4, -0.2) is 62.9 Å². The molecule has 1 saturated heterocycles. The summed E-state index contributed by atoms with van der Waals surface area (Å²) in [7, 11) is 1.27. The molecule has 0 aromatic carbocycles. The van der Waals surface area contributed by atoms with Crippen LogP contribution in [0.1, 0.15) is 34.1 Å². The number of carbonyl (C=O) groups excluding carboxylic acids is 1. The molecular formula is C16H33NO4Si. The van der Waals surface area contributed by atoms with E-state index in [1.807, 2.05) is 6.92 Å². The zero-order chi connectivity index (χ0) is 17.3. The van der Waals surface area contributed by atoms with E-state index in [1.54, 1.807) is 0 Å². The molecule has 22 heavy (non-hydrogen) atoms. The van der Waals surface area contributed by atoms with E-state index in [9.17, 15) is 9.90 Å². The number of hydrogen-bond acceptors (Lipinski definition) is 5. The molecule has 1 aliphatic heterocycles. The molecule has 1 rings (SSSR count). The molecule has 1 aliphatic rings. The summed E-state index contributed by atoms with van der Waals surface area (Å²) in [4.78, 5) is 11.5. The normalized spacial score (nSPS) is 25.7. The highest BCUT2D eigenvalue weighted by Gasteiger charge is 2.55. The fourth-order valence-corrected chi connectivity index (χ4v) is 5.71. The molecule has 0 radical (unpaired) electrons. The first-order chi connectivity index (χ1) is 9.95. The Labute approximate surface area is 136 Å². The van der Waals surface area contributed by atoms with Gasteiger partial charge in [0.05, 0.1) is 6.10 Å². The van der Waals surface area contributed by atoms with Gasteiger partial charge in [-0.15, -0.1) is 0 Å². The first kappa shape index (κ1) is 19.8. The number of aliphatic hydroxyl groups is 1. The van der Waals surface area contributed by atoms with E-state index in [0.717, 1.165) is 12.8 Å². The number of aliphatic hydroxyl groups excluding tert-OH is 1. The molecule has 0 saturated carbocycles. The van der Waals surface area contributed by atoms with Gasteiger partial charge in [-0.3, -0.25) is 4.79 Å². The summed E-state index contributed by atoms with van der Waals surface area (Å²) in [5.74, 6) is -1.07. The fraction of sp³-hybridized carbons (Fsp3) is 0.938. The highest BCUT2D eigenvalue weighted by molar-refractivity contribution is 6.77. The highest BCUT2D eigenvalue weighted by atomic mass is 28.3. The van der Waals surface area contributed by atoms with Crippen molar-refractivity contribution in [2.45, 2.75) is 70.2 Å². The number of rotatable bonds is 7. The molecule has 5 nitrogen and oxygen atoms in total. The van der Waals surface area contributed by atoms with Crippen LogP contribution in [0.2, 0.25) is 18.1 Å². The molecule has 0 bridgehead atoms. The molecule has 0 amide bonds. The van der Waals surface area contributed by atoms with Gasteiger partial charge in [-0.1, -0.05) is 33.9 Å². The van der Waals surface area contributed by atoms with Crippen molar-refractivity contribution in [3.05, 3.63) is 0 Å². The molecule has 3 atom stereocenters. The molecule has 6 heteroatoms. The topological polar surface area (TPSA) is 59.0 Å². The fourth-order valence-electron chi connectivity index (χ4n) is 3.07. The van der Waals surface area contributed by atoms with Gasteiger partial charge in [0.2, 0.25) is 5.79 Å². The van der Waals surface area contributed by atoms with Gasteiger partial charge in [0, 0.05) is 32.6 Å². The van der Waals surface area contributed by atoms with Crippen LogP contribution in [0.3, 0.4) is 0 Å². The Morgan fingerprint density at radius 1 is 1.32 bits per heavy atom. The molecule has 1 N–H and O–H groups in total. The largest absolute Gasteiger partial charge is 0.393 e. The van der Waals surface area contributed by atoms with Crippen LogP contribution >= 0.6 is 0 Å². The predicted molar refractivity (Wildman–Crippen MR) is 90.3 cm³/mol. The molecule has 0 spiro atoms. The van der Waals surface area contributed by atoms with E-state index in [4.69, 9.17) is 9.47 Å². The van der Waals surface area contributed by atoms with Gasteiger partial charge in [-0.2, -0.15) is 0 Å². The third-order valence-electron chi connectivity index (χ3n) is 5.84. The van der Waals surface area contributed by atoms with Crippen LogP contribution in [0.5, 0.6) is 0 Å². The molecule has 0 aromatic rings. The van der Waals surface area contributed by atoms with E-state index in [0.29, 0.717) is 6.42 Å². The maximum absolute atomic E-state index is 11.5. The second kappa shape index (κ2) is 6.69. The zero-order valence-corrected chi connectivity index (χ0v) is 16.3. The quantitative estimate of drug-likeness (QED) is 0.440. The van der Waals surface area contributed by atoms with Gasteiger partial charge in [0.15, 0.2) is 6.29 Å². The maximum Gasteiger partial charge on any atom is 0.226 e. The van der Waals surface area contributed by atoms with Crippen molar-refractivity contribution in [2.75, 3.05) is 20.8 Å². The summed E-state index contributed by atoms with van der Waals surface area (Å²) in [5, 5.41) is 10.3. The summed E-state index contributed by atoms with van der Waals surface area (Å²) in [5.41, 5.74) is 0. The maximum atomic E-state index is 11.5. The second-order valence-corrected chi connectivity index (χ2v) is 13.2. The minimum atomic E-state index is -1.72. The van der Waals surface area contributed by atoms with Crippen LogP contribution in [0.25, 0.3) is 0 Å². The Morgan fingerprint density at radius 3 is 2.14 bits per heavy atom. The smallest absolute Gasteiger partial charge is 0.226 e. The van der Waals surface area contributed by atoms with Crippen molar-refractivity contribution in [3.8, 4) is 0 Å². The van der Waals surface area contributed by atoms with Gasteiger partial charge < -0.3 is 19.1 Å². The van der Waals surface area contributed by atoms with E-state index in [2.05, 4.69) is 38.4 Å². The minimum absolute atomic E-state index is 0.103. The molecule has 0 aromatic heterocycles. The van der Waals surface area contributed by atoms with Crippen LogP contribution in [-0.2, 0) is 14.3 Å². The molecule has 1 fully saturated rings. The SMILES string of the molecule is COC(C=O)(CC1C(C(C)O)CN1[Si](C)(C)C(C)(C)C)OC. The number of nitrogens with zero attached hydrogens (tertiary/aromatic N) is 1. The average Bonchev–Trinajstić information content (AvgIpc) is 2.37. The lowest BCUT2D eigenvalue weighted by Gasteiger charge is -2.60. The Kier molecular flexibility index (Phi) is 6.01. The van der Waals surface area contributed by atoms with Gasteiger partial charge in [0.1, 0.15) is 8.24 Å². The van der Waals surface area contributed by atoms with Crippen molar-refractivity contribution < 1.29 is 19.4 Å². The Bertz CT molecular complexity index is 388. The third kappa shape index (κ3) is 3.46. The number of ether oxygens (including phenoxy) is 2. The summed E-state index contributed by atoms with van der Waals surface area (Å²) in [6.07, 6.45) is 0.781. The Hall–Kier alpha value is -0.273. The van der Waals surface area contributed by atoms with Crippen LogP contribution < -0.4 is 0 Å². The van der Waals surface area contributed by atoms with E-state index < -0.39 is 20.1 Å². The lowest BCUT2D eigenvalue weighted by Crippen LogP contribution is -2.72. The molecule has 1 heterocycles. The second-order valence-electron chi connectivity index (χ2n) is 7.98. The van der Waals surface area contributed by atoms with Gasteiger partial charge in [0.25, 0.3) is 0 Å². The van der Waals surface area contributed by atoms with Gasteiger partial charge in [-0.25, -0.2) is 0 Å². The van der Waals surface area contributed by atoms with Crippen LogP contribution in [0.4, 0.5) is 0 Å².